The molecule has 0 unspecified atom stereocenters. The van der Waals surface area contributed by atoms with Gasteiger partial charge in [-0.15, -0.1) is 12.4 Å². The van der Waals surface area contributed by atoms with Crippen molar-refractivity contribution in [3.05, 3.63) is 0 Å². The third-order valence-corrected chi connectivity index (χ3v) is 4.34. The molecule has 92 valence electrons. The average Bonchev–Trinajstić information content (AvgIpc) is 2.54. The molecule has 1 aliphatic rings. The molecule has 0 amide bonds. The van der Waals surface area contributed by atoms with Gasteiger partial charge in [0.05, 0.1) is 5.75 Å². The number of hydrogen-bond donors (Lipinski definition) is 2. The molecule has 1 saturated carbocycles. The highest BCUT2D eigenvalue weighted by atomic mass is 35.5. The standard InChI is InChI=1S/C9H20N2O2S.ClH/c1-8(6-10)11-14(12,13)7-9-4-2-3-5-9;/h8-9,11H,2-7,10H2,1H3;1H/t8-;/m0./s1. The van der Waals surface area contributed by atoms with E-state index < -0.39 is 10.0 Å². The average molecular weight is 257 g/mol. The highest BCUT2D eigenvalue weighted by Crippen LogP contribution is 2.25. The van der Waals surface area contributed by atoms with Crippen LogP contribution < -0.4 is 10.5 Å². The van der Waals surface area contributed by atoms with Gasteiger partial charge in [-0.2, -0.15) is 0 Å². The maximum atomic E-state index is 11.6. The van der Waals surface area contributed by atoms with Gasteiger partial charge in [0.15, 0.2) is 0 Å². The first kappa shape index (κ1) is 15.2. The second kappa shape index (κ2) is 6.68. The zero-order chi connectivity index (χ0) is 10.6. The molecule has 0 bridgehead atoms. The highest BCUT2D eigenvalue weighted by Gasteiger charge is 2.23. The number of nitrogens with two attached hydrogens (primary N) is 1. The predicted molar refractivity (Wildman–Crippen MR) is 64.6 cm³/mol. The lowest BCUT2D eigenvalue weighted by molar-refractivity contribution is 0.534. The van der Waals surface area contributed by atoms with Crippen LogP contribution in [-0.4, -0.2) is 26.8 Å². The summed E-state index contributed by atoms with van der Waals surface area (Å²) in [6.45, 7) is 2.14. The van der Waals surface area contributed by atoms with Crippen molar-refractivity contribution in [2.24, 2.45) is 11.7 Å². The molecule has 1 aliphatic carbocycles. The molecular weight excluding hydrogens is 236 g/mol. The summed E-state index contributed by atoms with van der Waals surface area (Å²) in [4.78, 5) is 0. The summed E-state index contributed by atoms with van der Waals surface area (Å²) in [7, 11) is -3.11. The van der Waals surface area contributed by atoms with Crippen molar-refractivity contribution >= 4 is 22.4 Å². The summed E-state index contributed by atoms with van der Waals surface area (Å²) < 4.78 is 25.8. The normalized spacial score (nSPS) is 19.9. The Morgan fingerprint density at radius 2 is 1.93 bits per heavy atom. The first-order chi connectivity index (χ1) is 6.53. The molecule has 6 heteroatoms. The van der Waals surface area contributed by atoms with E-state index in [1.807, 2.05) is 0 Å². The molecule has 1 atom stereocenters. The van der Waals surface area contributed by atoms with Gasteiger partial charge < -0.3 is 5.73 Å². The van der Waals surface area contributed by atoms with E-state index in [4.69, 9.17) is 5.73 Å². The van der Waals surface area contributed by atoms with E-state index in [2.05, 4.69) is 4.72 Å². The number of rotatable bonds is 5. The van der Waals surface area contributed by atoms with Crippen LogP contribution in [0.5, 0.6) is 0 Å². The van der Waals surface area contributed by atoms with E-state index >= 15 is 0 Å². The number of nitrogens with one attached hydrogen (secondary N) is 1. The van der Waals surface area contributed by atoms with Crippen LogP contribution in [-0.2, 0) is 10.0 Å². The zero-order valence-corrected chi connectivity index (χ0v) is 10.7. The summed E-state index contributed by atoms with van der Waals surface area (Å²) in [6, 6.07) is -0.151. The molecule has 1 fully saturated rings. The third-order valence-electron chi connectivity index (χ3n) is 2.66. The van der Waals surface area contributed by atoms with E-state index in [1.54, 1.807) is 6.92 Å². The van der Waals surface area contributed by atoms with Crippen molar-refractivity contribution in [2.45, 2.75) is 38.6 Å². The lowest BCUT2D eigenvalue weighted by Crippen LogP contribution is -2.40. The van der Waals surface area contributed by atoms with E-state index in [1.165, 1.54) is 12.8 Å². The van der Waals surface area contributed by atoms with Crippen LogP contribution >= 0.6 is 12.4 Å². The predicted octanol–water partition coefficient (Wildman–Crippen LogP) is 0.865. The van der Waals surface area contributed by atoms with E-state index in [0.717, 1.165) is 12.8 Å². The number of sulfonamides is 1. The Hall–Kier alpha value is 0.160. The van der Waals surface area contributed by atoms with Crippen molar-refractivity contribution in [1.82, 2.24) is 4.72 Å². The zero-order valence-electron chi connectivity index (χ0n) is 9.11. The Bertz CT molecular complexity index is 263. The Morgan fingerprint density at radius 1 is 1.40 bits per heavy atom. The maximum Gasteiger partial charge on any atom is 0.212 e. The first-order valence-electron chi connectivity index (χ1n) is 5.23. The molecule has 0 spiro atoms. The number of halogens is 1. The molecule has 0 aromatic carbocycles. The fourth-order valence-corrected chi connectivity index (χ4v) is 3.65. The van der Waals surface area contributed by atoms with Gasteiger partial charge in [0.25, 0.3) is 0 Å². The molecule has 0 radical (unpaired) electrons. The molecule has 4 nitrogen and oxygen atoms in total. The summed E-state index contributed by atoms with van der Waals surface area (Å²) in [6.07, 6.45) is 4.45. The van der Waals surface area contributed by atoms with Crippen LogP contribution in [0, 0.1) is 5.92 Å². The fraction of sp³-hybridized carbons (Fsp3) is 1.00. The van der Waals surface area contributed by atoms with Gasteiger partial charge in [-0.05, 0) is 25.7 Å². The maximum absolute atomic E-state index is 11.6. The van der Waals surface area contributed by atoms with Crippen LogP contribution in [0.15, 0.2) is 0 Å². The quantitative estimate of drug-likeness (QED) is 0.767. The second-order valence-corrected chi connectivity index (χ2v) is 5.99. The first-order valence-corrected chi connectivity index (χ1v) is 6.89. The largest absolute Gasteiger partial charge is 0.329 e. The molecular formula is C9H21ClN2O2S. The minimum atomic E-state index is -3.11. The highest BCUT2D eigenvalue weighted by molar-refractivity contribution is 7.89. The van der Waals surface area contributed by atoms with Gasteiger partial charge in [0.1, 0.15) is 0 Å². The molecule has 1 rings (SSSR count). The van der Waals surface area contributed by atoms with Crippen molar-refractivity contribution in [2.75, 3.05) is 12.3 Å². The van der Waals surface area contributed by atoms with Gasteiger partial charge in [-0.1, -0.05) is 12.8 Å². The van der Waals surface area contributed by atoms with Crippen LogP contribution in [0.4, 0.5) is 0 Å². The SMILES string of the molecule is C[C@@H](CN)NS(=O)(=O)CC1CCCC1.Cl. The van der Waals surface area contributed by atoms with Crippen LogP contribution in [0.3, 0.4) is 0 Å². The Kier molecular flexibility index (Phi) is 6.75. The summed E-state index contributed by atoms with van der Waals surface area (Å²) >= 11 is 0. The van der Waals surface area contributed by atoms with Crippen molar-refractivity contribution < 1.29 is 8.42 Å². The van der Waals surface area contributed by atoms with Gasteiger partial charge >= 0.3 is 0 Å². The summed E-state index contributed by atoms with van der Waals surface area (Å²) in [5, 5.41) is 0. The van der Waals surface area contributed by atoms with Crippen LogP contribution in [0.25, 0.3) is 0 Å². The van der Waals surface area contributed by atoms with Gasteiger partial charge in [0, 0.05) is 12.6 Å². The fourth-order valence-electron chi connectivity index (χ4n) is 1.89. The molecule has 0 saturated heterocycles. The van der Waals surface area contributed by atoms with Crippen molar-refractivity contribution in [3.63, 3.8) is 0 Å². The third kappa shape index (κ3) is 5.70. The molecule has 3 N–H and O–H groups in total. The molecule has 0 aromatic heterocycles. The van der Waals surface area contributed by atoms with E-state index in [-0.39, 0.29) is 24.2 Å². The smallest absolute Gasteiger partial charge is 0.212 e. The van der Waals surface area contributed by atoms with Gasteiger partial charge in [-0.25, -0.2) is 13.1 Å². The molecule has 15 heavy (non-hydrogen) atoms. The van der Waals surface area contributed by atoms with E-state index in [0.29, 0.717) is 12.5 Å². The molecule has 0 heterocycles. The Labute approximate surface area is 98.5 Å². The molecule has 0 aromatic rings. The van der Waals surface area contributed by atoms with Crippen LogP contribution in [0.2, 0.25) is 0 Å². The monoisotopic (exact) mass is 256 g/mol. The minimum Gasteiger partial charge on any atom is -0.329 e. The molecule has 0 aliphatic heterocycles. The van der Waals surface area contributed by atoms with E-state index in [9.17, 15) is 8.42 Å². The lowest BCUT2D eigenvalue weighted by atomic mass is 10.1. The summed E-state index contributed by atoms with van der Waals surface area (Å²) in [5.74, 6) is 0.634. The minimum absolute atomic E-state index is 0. The number of hydrogen-bond acceptors (Lipinski definition) is 3. The lowest BCUT2D eigenvalue weighted by Gasteiger charge is -2.14. The Balaban J connectivity index is 0.00000196. The topological polar surface area (TPSA) is 72.2 Å². The van der Waals surface area contributed by atoms with Crippen molar-refractivity contribution in [1.29, 1.82) is 0 Å². The summed E-state index contributed by atoms with van der Waals surface area (Å²) in [5.41, 5.74) is 5.36. The van der Waals surface area contributed by atoms with Crippen LogP contribution in [0.1, 0.15) is 32.6 Å². The Morgan fingerprint density at radius 3 is 2.40 bits per heavy atom. The van der Waals surface area contributed by atoms with Crippen molar-refractivity contribution in [3.8, 4) is 0 Å². The van der Waals surface area contributed by atoms with Gasteiger partial charge in [-0.3, -0.25) is 0 Å². The second-order valence-electron chi connectivity index (χ2n) is 4.19. The van der Waals surface area contributed by atoms with Gasteiger partial charge in [0.2, 0.25) is 10.0 Å².